The Labute approximate surface area is 119 Å². The van der Waals surface area contributed by atoms with E-state index >= 15 is 0 Å². The molecular formula is C15H22ClNO2. The lowest BCUT2D eigenvalue weighted by Crippen LogP contribution is -2.49. The van der Waals surface area contributed by atoms with Crippen molar-refractivity contribution in [3.8, 4) is 5.75 Å². The zero-order valence-corrected chi connectivity index (χ0v) is 12.2. The molecule has 0 unspecified atom stereocenters. The van der Waals surface area contributed by atoms with Gasteiger partial charge in [0.15, 0.2) is 0 Å². The van der Waals surface area contributed by atoms with Crippen LogP contribution in [0.15, 0.2) is 18.2 Å². The molecule has 0 aliphatic heterocycles. The van der Waals surface area contributed by atoms with Crippen molar-refractivity contribution in [3.05, 3.63) is 28.8 Å². The summed E-state index contributed by atoms with van der Waals surface area (Å²) in [4.78, 5) is 0. The summed E-state index contributed by atoms with van der Waals surface area (Å²) in [6, 6.07) is 5.62. The van der Waals surface area contributed by atoms with E-state index in [1.807, 2.05) is 18.2 Å². The van der Waals surface area contributed by atoms with Gasteiger partial charge < -0.3 is 15.2 Å². The molecule has 0 atom stereocenters. The van der Waals surface area contributed by atoms with E-state index in [0.717, 1.165) is 24.2 Å². The minimum atomic E-state index is -0.133. The lowest BCUT2D eigenvalue weighted by molar-refractivity contribution is 0.119. The predicted octanol–water partition coefficient (Wildman–Crippen LogP) is 3.13. The first-order valence-electron chi connectivity index (χ1n) is 6.87. The normalized spacial score (nSPS) is 18.3. The highest BCUT2D eigenvalue weighted by Gasteiger charge is 2.30. The van der Waals surface area contributed by atoms with Crippen molar-refractivity contribution >= 4 is 11.6 Å². The van der Waals surface area contributed by atoms with Crippen LogP contribution in [0.25, 0.3) is 0 Å². The van der Waals surface area contributed by atoms with E-state index in [9.17, 15) is 5.11 Å². The minimum absolute atomic E-state index is 0.133. The Morgan fingerprint density at radius 1 is 1.32 bits per heavy atom. The van der Waals surface area contributed by atoms with E-state index in [1.54, 1.807) is 7.11 Å². The summed E-state index contributed by atoms with van der Waals surface area (Å²) >= 11 is 6.03. The number of rotatable bonds is 5. The number of halogens is 1. The van der Waals surface area contributed by atoms with Crippen LogP contribution in [0.3, 0.4) is 0 Å². The monoisotopic (exact) mass is 283 g/mol. The lowest BCUT2D eigenvalue weighted by Gasteiger charge is -2.37. The second-order valence-electron chi connectivity index (χ2n) is 5.31. The van der Waals surface area contributed by atoms with Gasteiger partial charge in [0.25, 0.3) is 0 Å². The molecule has 0 radical (unpaired) electrons. The Hall–Kier alpha value is -0.770. The molecule has 3 nitrogen and oxygen atoms in total. The molecule has 0 heterocycles. The standard InChI is InChI=1S/C15H22ClNO2/c1-19-14-6-5-13(16)9-12(14)10-17-15(11-18)7-3-2-4-8-15/h5-6,9,17-18H,2-4,7-8,10-11H2,1H3. The van der Waals surface area contributed by atoms with Gasteiger partial charge in [0.2, 0.25) is 0 Å². The fourth-order valence-electron chi connectivity index (χ4n) is 2.79. The average molecular weight is 284 g/mol. The summed E-state index contributed by atoms with van der Waals surface area (Å²) in [5.41, 5.74) is 0.902. The Bertz CT molecular complexity index is 417. The van der Waals surface area contributed by atoms with Gasteiger partial charge in [-0.15, -0.1) is 0 Å². The Morgan fingerprint density at radius 2 is 2.05 bits per heavy atom. The van der Waals surface area contributed by atoms with Crippen LogP contribution in [0.1, 0.15) is 37.7 Å². The van der Waals surface area contributed by atoms with Crippen molar-refractivity contribution in [2.24, 2.45) is 0 Å². The summed E-state index contributed by atoms with van der Waals surface area (Å²) < 4.78 is 5.35. The van der Waals surface area contributed by atoms with E-state index in [0.29, 0.717) is 11.6 Å². The van der Waals surface area contributed by atoms with Crippen LogP contribution in [0.2, 0.25) is 5.02 Å². The van der Waals surface area contributed by atoms with Gasteiger partial charge in [-0.2, -0.15) is 0 Å². The first-order valence-corrected chi connectivity index (χ1v) is 7.25. The molecule has 106 valence electrons. The number of nitrogens with one attached hydrogen (secondary N) is 1. The molecular weight excluding hydrogens is 262 g/mol. The number of ether oxygens (including phenoxy) is 1. The first-order chi connectivity index (χ1) is 9.19. The number of aliphatic hydroxyl groups excluding tert-OH is 1. The van der Waals surface area contributed by atoms with Crippen LogP contribution in [0.4, 0.5) is 0 Å². The summed E-state index contributed by atoms with van der Waals surface area (Å²) in [5.74, 6) is 0.834. The van der Waals surface area contributed by atoms with Crippen molar-refractivity contribution in [1.82, 2.24) is 5.32 Å². The number of hydrogen-bond donors (Lipinski definition) is 2. The van der Waals surface area contributed by atoms with Crippen molar-refractivity contribution in [1.29, 1.82) is 0 Å². The number of benzene rings is 1. The topological polar surface area (TPSA) is 41.5 Å². The predicted molar refractivity (Wildman–Crippen MR) is 77.7 cm³/mol. The van der Waals surface area contributed by atoms with E-state index in [2.05, 4.69) is 5.32 Å². The molecule has 0 aromatic heterocycles. The summed E-state index contributed by atoms with van der Waals surface area (Å²) in [7, 11) is 1.66. The van der Waals surface area contributed by atoms with Crippen molar-refractivity contribution in [2.45, 2.75) is 44.2 Å². The molecule has 2 rings (SSSR count). The van der Waals surface area contributed by atoms with Crippen molar-refractivity contribution < 1.29 is 9.84 Å². The van der Waals surface area contributed by atoms with Gasteiger partial charge in [0.05, 0.1) is 13.7 Å². The smallest absolute Gasteiger partial charge is 0.123 e. The van der Waals surface area contributed by atoms with Crippen LogP contribution in [-0.4, -0.2) is 24.4 Å². The van der Waals surface area contributed by atoms with Gasteiger partial charge >= 0.3 is 0 Å². The maximum Gasteiger partial charge on any atom is 0.123 e. The fourth-order valence-corrected chi connectivity index (χ4v) is 2.98. The molecule has 1 aromatic rings. The highest BCUT2D eigenvalue weighted by Crippen LogP contribution is 2.29. The minimum Gasteiger partial charge on any atom is -0.496 e. The molecule has 0 saturated heterocycles. The third-order valence-corrected chi connectivity index (χ3v) is 4.24. The zero-order chi connectivity index (χ0) is 13.7. The zero-order valence-electron chi connectivity index (χ0n) is 11.4. The SMILES string of the molecule is COc1ccc(Cl)cc1CNC1(CO)CCCCC1. The van der Waals surface area contributed by atoms with Gasteiger partial charge in [0, 0.05) is 22.7 Å². The lowest BCUT2D eigenvalue weighted by atomic mass is 9.82. The Morgan fingerprint density at radius 3 is 2.68 bits per heavy atom. The third-order valence-electron chi connectivity index (χ3n) is 4.01. The molecule has 4 heteroatoms. The molecule has 0 bridgehead atoms. The Kier molecular flexibility index (Phi) is 5.08. The number of methoxy groups -OCH3 is 1. The molecule has 19 heavy (non-hydrogen) atoms. The quantitative estimate of drug-likeness (QED) is 0.872. The molecule has 1 aromatic carbocycles. The highest BCUT2D eigenvalue weighted by molar-refractivity contribution is 6.30. The van der Waals surface area contributed by atoms with Crippen LogP contribution in [-0.2, 0) is 6.54 Å². The number of hydrogen-bond acceptors (Lipinski definition) is 3. The van der Waals surface area contributed by atoms with E-state index in [-0.39, 0.29) is 12.1 Å². The highest BCUT2D eigenvalue weighted by atomic mass is 35.5. The van der Waals surface area contributed by atoms with Gasteiger partial charge in [-0.3, -0.25) is 0 Å². The summed E-state index contributed by atoms with van der Waals surface area (Å²) in [6.07, 6.45) is 5.70. The van der Waals surface area contributed by atoms with Crippen LogP contribution < -0.4 is 10.1 Å². The fraction of sp³-hybridized carbons (Fsp3) is 0.600. The van der Waals surface area contributed by atoms with Crippen LogP contribution >= 0.6 is 11.6 Å². The molecule has 1 aliphatic rings. The molecule has 1 fully saturated rings. The van der Waals surface area contributed by atoms with Gasteiger partial charge in [0.1, 0.15) is 5.75 Å². The summed E-state index contributed by atoms with van der Waals surface area (Å²) in [5, 5.41) is 13.9. The second kappa shape index (κ2) is 6.60. The summed E-state index contributed by atoms with van der Waals surface area (Å²) in [6.45, 7) is 0.861. The second-order valence-corrected chi connectivity index (χ2v) is 5.75. The van der Waals surface area contributed by atoms with Crippen molar-refractivity contribution in [3.63, 3.8) is 0 Å². The Balaban J connectivity index is 2.06. The largest absolute Gasteiger partial charge is 0.496 e. The van der Waals surface area contributed by atoms with Gasteiger partial charge in [-0.1, -0.05) is 30.9 Å². The first kappa shape index (κ1) is 14.6. The van der Waals surface area contributed by atoms with E-state index in [1.165, 1.54) is 19.3 Å². The van der Waals surface area contributed by atoms with E-state index < -0.39 is 0 Å². The molecule has 0 amide bonds. The van der Waals surface area contributed by atoms with Crippen LogP contribution in [0.5, 0.6) is 5.75 Å². The molecule has 2 N–H and O–H groups in total. The molecule has 1 saturated carbocycles. The van der Waals surface area contributed by atoms with E-state index in [4.69, 9.17) is 16.3 Å². The van der Waals surface area contributed by atoms with Crippen LogP contribution in [0, 0.1) is 0 Å². The maximum atomic E-state index is 9.68. The maximum absolute atomic E-state index is 9.68. The van der Waals surface area contributed by atoms with Gasteiger partial charge in [-0.05, 0) is 31.0 Å². The number of aliphatic hydroxyl groups is 1. The molecule has 0 spiro atoms. The average Bonchev–Trinajstić information content (AvgIpc) is 2.46. The third kappa shape index (κ3) is 3.62. The molecule has 1 aliphatic carbocycles. The van der Waals surface area contributed by atoms with Crippen molar-refractivity contribution in [2.75, 3.05) is 13.7 Å². The van der Waals surface area contributed by atoms with Gasteiger partial charge in [-0.25, -0.2) is 0 Å².